The molecule has 0 spiro atoms. The lowest BCUT2D eigenvalue weighted by atomic mass is 10.2. The topological polar surface area (TPSA) is 75.8 Å². The second-order valence-electron chi connectivity index (χ2n) is 4.03. The zero-order valence-corrected chi connectivity index (χ0v) is 11.6. The molecule has 1 heterocycles. The van der Waals surface area contributed by atoms with Crippen molar-refractivity contribution in [3.8, 4) is 6.07 Å². The highest BCUT2D eigenvalue weighted by Gasteiger charge is 2.18. The molecule has 0 amide bonds. The summed E-state index contributed by atoms with van der Waals surface area (Å²) < 4.78 is 25.7. The number of aromatic nitrogens is 2. The molecule has 2 rings (SSSR count). The Labute approximate surface area is 116 Å². The zero-order chi connectivity index (χ0) is 14.0. The highest BCUT2D eigenvalue weighted by Crippen LogP contribution is 2.23. The Morgan fingerprint density at radius 2 is 2.21 bits per heavy atom. The maximum absolute atomic E-state index is 12.1. The zero-order valence-electron chi connectivity index (χ0n) is 10.0. The van der Waals surface area contributed by atoms with Crippen LogP contribution in [-0.4, -0.2) is 18.2 Å². The van der Waals surface area contributed by atoms with Gasteiger partial charge in [0.1, 0.15) is 4.90 Å². The van der Waals surface area contributed by atoms with Crippen LogP contribution < -0.4 is 0 Å². The minimum atomic E-state index is -3.49. The molecular formula is C12H10ClN3O2S. The van der Waals surface area contributed by atoms with Crippen LogP contribution in [0.2, 0.25) is 5.02 Å². The number of benzene rings is 1. The minimum Gasteiger partial charge on any atom is -0.274 e. The molecule has 0 atom stereocenters. The van der Waals surface area contributed by atoms with Crippen molar-refractivity contribution in [3.05, 3.63) is 46.7 Å². The molecule has 2 aromatic rings. The number of sulfone groups is 1. The normalized spacial score (nSPS) is 11.2. The van der Waals surface area contributed by atoms with Crippen LogP contribution in [0, 0.1) is 11.3 Å². The van der Waals surface area contributed by atoms with E-state index in [1.165, 1.54) is 23.1 Å². The number of halogens is 1. The van der Waals surface area contributed by atoms with Crippen LogP contribution in [0.3, 0.4) is 0 Å². The van der Waals surface area contributed by atoms with E-state index in [1.807, 2.05) is 6.07 Å². The summed E-state index contributed by atoms with van der Waals surface area (Å²) in [4.78, 5) is 0.149. The van der Waals surface area contributed by atoms with Gasteiger partial charge in [-0.15, -0.1) is 0 Å². The van der Waals surface area contributed by atoms with E-state index in [1.54, 1.807) is 19.2 Å². The Balaban J connectivity index is 2.34. The van der Waals surface area contributed by atoms with Gasteiger partial charge in [-0.3, -0.25) is 4.68 Å². The Kier molecular flexibility index (Phi) is 3.60. The summed E-state index contributed by atoms with van der Waals surface area (Å²) in [5.74, 6) is -0.219. The maximum atomic E-state index is 12.1. The molecule has 0 aliphatic heterocycles. The van der Waals surface area contributed by atoms with Gasteiger partial charge in [0.2, 0.25) is 0 Å². The van der Waals surface area contributed by atoms with Gasteiger partial charge < -0.3 is 0 Å². The summed E-state index contributed by atoms with van der Waals surface area (Å²) in [5.41, 5.74) is 0.858. The molecule has 1 aromatic heterocycles. The van der Waals surface area contributed by atoms with Crippen LogP contribution in [-0.2, 0) is 22.6 Å². The van der Waals surface area contributed by atoms with E-state index in [2.05, 4.69) is 5.10 Å². The molecule has 0 saturated heterocycles. The number of aryl methyl sites for hydroxylation is 1. The Morgan fingerprint density at radius 3 is 2.74 bits per heavy atom. The first-order valence-corrected chi connectivity index (χ1v) is 7.35. The molecule has 0 aliphatic rings. The van der Waals surface area contributed by atoms with Crippen molar-refractivity contribution >= 4 is 21.4 Å². The SMILES string of the molecule is Cn1cc(S(=O)(=O)Cc2ccc(C#N)cc2Cl)cn1. The summed E-state index contributed by atoms with van der Waals surface area (Å²) in [6.45, 7) is 0. The number of hydrogen-bond donors (Lipinski definition) is 0. The van der Waals surface area contributed by atoms with Gasteiger partial charge in [0.05, 0.1) is 23.6 Å². The molecule has 0 radical (unpaired) electrons. The van der Waals surface area contributed by atoms with Gasteiger partial charge in [-0.1, -0.05) is 17.7 Å². The molecule has 7 heteroatoms. The van der Waals surface area contributed by atoms with Gasteiger partial charge in [-0.2, -0.15) is 10.4 Å². The molecule has 5 nitrogen and oxygen atoms in total. The van der Waals surface area contributed by atoms with Crippen molar-refractivity contribution in [1.82, 2.24) is 9.78 Å². The molecule has 0 saturated carbocycles. The number of hydrogen-bond acceptors (Lipinski definition) is 4. The highest BCUT2D eigenvalue weighted by atomic mass is 35.5. The highest BCUT2D eigenvalue weighted by molar-refractivity contribution is 7.90. The van der Waals surface area contributed by atoms with Crippen molar-refractivity contribution in [2.24, 2.45) is 7.05 Å². The predicted molar refractivity (Wildman–Crippen MR) is 70.3 cm³/mol. The van der Waals surface area contributed by atoms with Crippen LogP contribution in [0.4, 0.5) is 0 Å². The van der Waals surface area contributed by atoms with Crippen molar-refractivity contribution < 1.29 is 8.42 Å². The average Bonchev–Trinajstić information content (AvgIpc) is 2.79. The van der Waals surface area contributed by atoms with Crippen LogP contribution in [0.1, 0.15) is 11.1 Å². The van der Waals surface area contributed by atoms with Crippen molar-refractivity contribution in [2.45, 2.75) is 10.6 Å². The summed E-state index contributed by atoms with van der Waals surface area (Å²) in [5, 5.41) is 12.8. The summed E-state index contributed by atoms with van der Waals surface area (Å²) >= 11 is 5.97. The van der Waals surface area contributed by atoms with E-state index in [0.29, 0.717) is 11.1 Å². The van der Waals surface area contributed by atoms with Gasteiger partial charge in [0.15, 0.2) is 9.84 Å². The van der Waals surface area contributed by atoms with E-state index in [9.17, 15) is 8.42 Å². The first-order chi connectivity index (χ1) is 8.92. The maximum Gasteiger partial charge on any atom is 0.185 e. The number of nitriles is 1. The van der Waals surface area contributed by atoms with Gasteiger partial charge in [0, 0.05) is 18.3 Å². The molecule has 0 N–H and O–H groups in total. The van der Waals surface area contributed by atoms with Crippen LogP contribution in [0.15, 0.2) is 35.5 Å². The summed E-state index contributed by atoms with van der Waals surface area (Å²) in [6, 6.07) is 6.49. The fourth-order valence-electron chi connectivity index (χ4n) is 1.58. The van der Waals surface area contributed by atoms with Crippen molar-refractivity contribution in [1.29, 1.82) is 5.26 Å². The average molecular weight is 296 g/mol. The van der Waals surface area contributed by atoms with Gasteiger partial charge in [-0.05, 0) is 17.7 Å². The molecular weight excluding hydrogens is 286 g/mol. The van der Waals surface area contributed by atoms with E-state index >= 15 is 0 Å². The molecule has 1 aromatic carbocycles. The van der Waals surface area contributed by atoms with Crippen LogP contribution >= 0.6 is 11.6 Å². The number of rotatable bonds is 3. The smallest absolute Gasteiger partial charge is 0.185 e. The third-order valence-corrected chi connectivity index (χ3v) is 4.54. The molecule has 19 heavy (non-hydrogen) atoms. The van der Waals surface area contributed by atoms with E-state index < -0.39 is 9.84 Å². The second kappa shape index (κ2) is 5.03. The Hall–Kier alpha value is -1.84. The lowest BCUT2D eigenvalue weighted by Crippen LogP contribution is -2.04. The van der Waals surface area contributed by atoms with Crippen molar-refractivity contribution in [2.75, 3.05) is 0 Å². The summed E-state index contributed by atoms with van der Waals surface area (Å²) in [6.07, 6.45) is 2.74. The van der Waals surface area contributed by atoms with Gasteiger partial charge in [0.25, 0.3) is 0 Å². The minimum absolute atomic E-state index is 0.149. The van der Waals surface area contributed by atoms with E-state index in [4.69, 9.17) is 16.9 Å². The van der Waals surface area contributed by atoms with Crippen molar-refractivity contribution in [3.63, 3.8) is 0 Å². The fraction of sp³-hybridized carbons (Fsp3) is 0.167. The van der Waals surface area contributed by atoms with Gasteiger partial charge in [-0.25, -0.2) is 8.42 Å². The molecule has 0 unspecified atom stereocenters. The lowest BCUT2D eigenvalue weighted by molar-refractivity contribution is 0.595. The monoisotopic (exact) mass is 295 g/mol. The van der Waals surface area contributed by atoms with Crippen LogP contribution in [0.5, 0.6) is 0 Å². The van der Waals surface area contributed by atoms with E-state index in [-0.39, 0.29) is 15.7 Å². The largest absolute Gasteiger partial charge is 0.274 e. The predicted octanol–water partition coefficient (Wildman–Crippen LogP) is 1.92. The summed E-state index contributed by atoms with van der Waals surface area (Å²) in [7, 11) is -1.84. The van der Waals surface area contributed by atoms with Gasteiger partial charge >= 0.3 is 0 Å². The molecule has 0 aliphatic carbocycles. The van der Waals surface area contributed by atoms with Crippen LogP contribution in [0.25, 0.3) is 0 Å². The second-order valence-corrected chi connectivity index (χ2v) is 6.42. The first-order valence-electron chi connectivity index (χ1n) is 5.32. The Morgan fingerprint density at radius 1 is 1.47 bits per heavy atom. The molecule has 0 fully saturated rings. The fourth-order valence-corrected chi connectivity index (χ4v) is 3.26. The quantitative estimate of drug-likeness (QED) is 0.867. The molecule has 0 bridgehead atoms. The number of nitrogens with zero attached hydrogens (tertiary/aromatic N) is 3. The first kappa shape index (κ1) is 13.6. The lowest BCUT2D eigenvalue weighted by Gasteiger charge is -2.04. The third-order valence-electron chi connectivity index (χ3n) is 2.57. The molecule has 98 valence electrons. The van der Waals surface area contributed by atoms with E-state index in [0.717, 1.165) is 0 Å². The Bertz CT molecular complexity index is 760. The standard InChI is InChI=1S/C12H10ClN3O2S/c1-16-7-11(6-15-16)19(17,18)8-10-3-2-9(5-14)4-12(10)13/h2-4,6-7H,8H2,1H3. The third kappa shape index (κ3) is 2.95.